The van der Waals surface area contributed by atoms with Crippen LogP contribution in [0, 0.1) is 0 Å². The van der Waals surface area contributed by atoms with Crippen LogP contribution in [0.5, 0.6) is 0 Å². The number of quaternary nitrogens is 1. The van der Waals surface area contributed by atoms with E-state index >= 15 is 0 Å². The third-order valence-electron chi connectivity index (χ3n) is 5.09. The number of phosphoric ester groups is 1. The smallest absolute Gasteiger partial charge is 0.303 e. The first-order valence-corrected chi connectivity index (χ1v) is 14.0. The van der Waals surface area contributed by atoms with Gasteiger partial charge in [0.25, 0.3) is 7.82 Å². The third kappa shape index (κ3) is 22.7. The van der Waals surface area contributed by atoms with Crippen LogP contribution < -0.4 is 10.6 Å². The van der Waals surface area contributed by atoms with Gasteiger partial charge in [0.2, 0.25) is 0 Å². The quantitative estimate of drug-likeness (QED) is 0.125. The minimum atomic E-state index is -4.42. The molecule has 0 aliphatic rings. The van der Waals surface area contributed by atoms with Gasteiger partial charge in [-0.2, -0.15) is 0 Å². The first-order chi connectivity index (χ1) is 15.4. The van der Waals surface area contributed by atoms with Gasteiger partial charge >= 0.3 is 5.97 Å². The summed E-state index contributed by atoms with van der Waals surface area (Å²) in [7, 11) is -4.42. The number of hydrogen-bond acceptors (Lipinski definition) is 7. The van der Waals surface area contributed by atoms with E-state index in [1.807, 2.05) is 0 Å². The predicted molar refractivity (Wildman–Crippen MR) is 124 cm³/mol. The lowest BCUT2D eigenvalue weighted by molar-refractivity contribution is -0.373. The average molecular weight is 482 g/mol. The zero-order valence-electron chi connectivity index (χ0n) is 20.5. The van der Waals surface area contributed by atoms with E-state index in [-0.39, 0.29) is 19.8 Å². The Bertz CT molecular complexity index is 479. The number of ether oxygens (including phenoxy) is 2. The minimum absolute atomic E-state index is 0.0470. The second-order valence-corrected chi connectivity index (χ2v) is 9.74. The molecule has 0 aromatic carbocycles. The zero-order valence-corrected chi connectivity index (χ0v) is 21.4. The maximum Gasteiger partial charge on any atom is 0.303 e. The van der Waals surface area contributed by atoms with E-state index in [9.17, 15) is 14.3 Å². The molecule has 0 spiro atoms. The van der Waals surface area contributed by atoms with Gasteiger partial charge in [0.15, 0.2) is 0 Å². The van der Waals surface area contributed by atoms with Gasteiger partial charge in [0.1, 0.15) is 12.7 Å². The van der Waals surface area contributed by atoms with Gasteiger partial charge in [0.05, 0.1) is 19.8 Å². The maximum absolute atomic E-state index is 11.6. The van der Waals surface area contributed by atoms with Gasteiger partial charge in [-0.25, -0.2) is 0 Å². The first kappa shape index (κ1) is 31.5. The van der Waals surface area contributed by atoms with Gasteiger partial charge in [0, 0.05) is 13.5 Å². The SMILES string of the molecule is CCCCCCCCCCCCCCCCOC[C@H](COP(=O)([O-])OCC[NH3+])OC(C)=O. The summed E-state index contributed by atoms with van der Waals surface area (Å²) in [5.74, 6) is -0.516. The van der Waals surface area contributed by atoms with Crippen molar-refractivity contribution in [2.45, 2.75) is 110 Å². The molecule has 0 radical (unpaired) electrons. The summed E-state index contributed by atoms with van der Waals surface area (Å²) < 4.78 is 31.6. The molecule has 9 heteroatoms. The maximum atomic E-state index is 11.6. The van der Waals surface area contributed by atoms with E-state index in [2.05, 4.69) is 17.2 Å². The van der Waals surface area contributed by atoms with Crippen molar-refractivity contribution in [2.24, 2.45) is 0 Å². The molecule has 8 nitrogen and oxygen atoms in total. The Morgan fingerprint density at radius 1 is 0.812 bits per heavy atom. The average Bonchev–Trinajstić information content (AvgIpc) is 2.75. The lowest BCUT2D eigenvalue weighted by Crippen LogP contribution is -2.52. The third-order valence-corrected chi connectivity index (χ3v) is 6.05. The summed E-state index contributed by atoms with van der Waals surface area (Å²) in [6, 6.07) is 0. The van der Waals surface area contributed by atoms with Crippen molar-refractivity contribution in [3.05, 3.63) is 0 Å². The van der Waals surface area contributed by atoms with Crippen molar-refractivity contribution in [3.63, 3.8) is 0 Å². The lowest BCUT2D eigenvalue weighted by atomic mass is 10.0. The molecule has 0 amide bonds. The fourth-order valence-electron chi connectivity index (χ4n) is 3.35. The number of rotatable bonds is 24. The molecule has 0 saturated carbocycles. The van der Waals surface area contributed by atoms with E-state index in [0.717, 1.165) is 12.8 Å². The molecule has 0 aromatic rings. The van der Waals surface area contributed by atoms with Crippen LogP contribution >= 0.6 is 7.82 Å². The number of unbranched alkanes of at least 4 members (excludes halogenated alkanes) is 13. The molecule has 0 aliphatic heterocycles. The molecule has 3 N–H and O–H groups in total. The lowest BCUT2D eigenvalue weighted by Gasteiger charge is -2.25. The van der Waals surface area contributed by atoms with Crippen molar-refractivity contribution in [2.75, 3.05) is 33.0 Å². The Morgan fingerprint density at radius 2 is 1.31 bits per heavy atom. The molecule has 2 atom stereocenters. The zero-order chi connectivity index (χ0) is 23.9. The van der Waals surface area contributed by atoms with Crippen LogP contribution in [0.2, 0.25) is 0 Å². The van der Waals surface area contributed by atoms with Crippen molar-refractivity contribution < 1.29 is 38.5 Å². The summed E-state index contributed by atoms with van der Waals surface area (Å²) in [6.45, 7) is 4.09. The van der Waals surface area contributed by atoms with E-state index in [4.69, 9.17) is 14.0 Å². The molecule has 0 heterocycles. The molecular weight excluding hydrogens is 433 g/mol. The van der Waals surface area contributed by atoms with Crippen LogP contribution in [0.1, 0.15) is 104 Å². The Morgan fingerprint density at radius 3 is 1.78 bits per heavy atom. The molecule has 0 aliphatic carbocycles. The van der Waals surface area contributed by atoms with Crippen molar-refractivity contribution in [1.29, 1.82) is 0 Å². The fraction of sp³-hybridized carbons (Fsp3) is 0.957. The van der Waals surface area contributed by atoms with Gasteiger partial charge in [-0.15, -0.1) is 0 Å². The van der Waals surface area contributed by atoms with Crippen LogP contribution in [0.4, 0.5) is 0 Å². The highest BCUT2D eigenvalue weighted by atomic mass is 31.2. The van der Waals surface area contributed by atoms with E-state index < -0.39 is 19.9 Å². The summed E-state index contributed by atoms with van der Waals surface area (Å²) in [4.78, 5) is 22.8. The normalized spacial score (nSPS) is 14.2. The molecule has 0 fully saturated rings. The standard InChI is InChI=1S/C23H48NO7P/c1-3-4-5-6-7-8-9-10-11-12-13-14-15-16-18-28-20-23(31-22(2)25)21-30-32(26,27)29-19-17-24/h23H,3-21,24H2,1-2H3,(H,26,27)/t23-/m1/s1. The highest BCUT2D eigenvalue weighted by Crippen LogP contribution is 2.38. The van der Waals surface area contributed by atoms with E-state index in [1.165, 1.54) is 84.0 Å². The fourth-order valence-corrected chi connectivity index (χ4v) is 4.13. The topological polar surface area (TPSA) is 122 Å². The molecule has 0 saturated heterocycles. The summed E-state index contributed by atoms with van der Waals surface area (Å²) >= 11 is 0. The number of hydrogen-bond donors (Lipinski definition) is 1. The van der Waals surface area contributed by atoms with Crippen molar-refractivity contribution in [3.8, 4) is 0 Å². The molecule has 0 rings (SSSR count). The summed E-state index contributed by atoms with van der Waals surface area (Å²) in [5, 5.41) is 0. The first-order valence-electron chi connectivity index (χ1n) is 12.6. The molecular formula is C23H48NO7P. The second kappa shape index (κ2) is 22.3. The van der Waals surface area contributed by atoms with Crippen LogP contribution in [-0.4, -0.2) is 45.0 Å². The predicted octanol–water partition coefficient (Wildman–Crippen LogP) is 4.16. The van der Waals surface area contributed by atoms with Gasteiger partial charge in [-0.05, 0) is 6.42 Å². The summed E-state index contributed by atoms with van der Waals surface area (Å²) in [6.07, 6.45) is 17.3. The summed E-state index contributed by atoms with van der Waals surface area (Å²) in [5.41, 5.74) is 3.50. The van der Waals surface area contributed by atoms with Crippen LogP contribution in [-0.2, 0) is 27.9 Å². The van der Waals surface area contributed by atoms with Crippen LogP contribution in [0.3, 0.4) is 0 Å². The van der Waals surface area contributed by atoms with Crippen molar-refractivity contribution in [1.82, 2.24) is 0 Å². The molecule has 32 heavy (non-hydrogen) atoms. The van der Waals surface area contributed by atoms with Gasteiger partial charge in [-0.3, -0.25) is 9.36 Å². The number of carbonyl (C=O) groups is 1. The van der Waals surface area contributed by atoms with Crippen LogP contribution in [0.25, 0.3) is 0 Å². The van der Waals surface area contributed by atoms with E-state index in [1.54, 1.807) is 0 Å². The van der Waals surface area contributed by atoms with E-state index in [0.29, 0.717) is 13.2 Å². The molecule has 1 unspecified atom stereocenters. The molecule has 192 valence electrons. The number of esters is 1. The van der Waals surface area contributed by atoms with Gasteiger partial charge in [-0.1, -0.05) is 90.4 Å². The largest absolute Gasteiger partial charge is 0.756 e. The Kier molecular flexibility index (Phi) is 22.0. The van der Waals surface area contributed by atoms with Crippen LogP contribution in [0.15, 0.2) is 0 Å². The number of phosphoric acid groups is 1. The minimum Gasteiger partial charge on any atom is -0.756 e. The van der Waals surface area contributed by atoms with Crippen molar-refractivity contribution >= 4 is 13.8 Å². The Hall–Kier alpha value is -0.500. The highest BCUT2D eigenvalue weighted by Gasteiger charge is 2.18. The van der Waals surface area contributed by atoms with Gasteiger partial charge < -0.3 is 29.1 Å². The number of carbonyl (C=O) groups excluding carboxylic acids is 1. The monoisotopic (exact) mass is 481 g/mol. The second-order valence-electron chi connectivity index (χ2n) is 8.33. The highest BCUT2D eigenvalue weighted by molar-refractivity contribution is 7.45. The Balaban J connectivity index is 3.63. The molecule has 0 bridgehead atoms. The molecule has 0 aromatic heterocycles. The Labute approximate surface area is 195 Å².